The minimum Gasteiger partial charge on any atom is -0.330 e. The Morgan fingerprint density at radius 1 is 1.38 bits per heavy atom. The van der Waals surface area contributed by atoms with Gasteiger partial charge in [-0.05, 0) is 41.6 Å². The van der Waals surface area contributed by atoms with Gasteiger partial charge in [-0.2, -0.15) is 4.68 Å². The number of benzene rings is 1. The third kappa shape index (κ3) is 2.45. The summed E-state index contributed by atoms with van der Waals surface area (Å²) in [6.45, 7) is 0.644. The fourth-order valence-corrected chi connectivity index (χ4v) is 1.82. The SMILES string of the molecule is NCCCc1nnnn1-c1cccc(Br)c1. The molecule has 0 bridgehead atoms. The van der Waals surface area contributed by atoms with Crippen LogP contribution in [-0.4, -0.2) is 26.8 Å². The lowest BCUT2D eigenvalue weighted by Crippen LogP contribution is -2.06. The molecular formula is C10H12BrN5. The van der Waals surface area contributed by atoms with E-state index in [1.165, 1.54) is 0 Å². The van der Waals surface area contributed by atoms with Crippen LogP contribution < -0.4 is 5.73 Å². The van der Waals surface area contributed by atoms with Crippen molar-refractivity contribution in [1.29, 1.82) is 0 Å². The fraction of sp³-hybridized carbons (Fsp3) is 0.300. The molecular weight excluding hydrogens is 270 g/mol. The van der Waals surface area contributed by atoms with E-state index < -0.39 is 0 Å². The largest absolute Gasteiger partial charge is 0.330 e. The van der Waals surface area contributed by atoms with Gasteiger partial charge in [0.25, 0.3) is 0 Å². The lowest BCUT2D eigenvalue weighted by Gasteiger charge is -2.04. The summed E-state index contributed by atoms with van der Waals surface area (Å²) in [5, 5.41) is 11.7. The highest BCUT2D eigenvalue weighted by atomic mass is 79.9. The van der Waals surface area contributed by atoms with E-state index in [0.717, 1.165) is 28.8 Å². The standard InChI is InChI=1S/C10H12BrN5/c11-8-3-1-4-9(7-8)16-10(5-2-6-12)13-14-15-16/h1,3-4,7H,2,5-6,12H2. The molecule has 2 aromatic rings. The molecule has 0 radical (unpaired) electrons. The third-order valence-electron chi connectivity index (χ3n) is 2.19. The zero-order valence-corrected chi connectivity index (χ0v) is 10.3. The van der Waals surface area contributed by atoms with E-state index in [2.05, 4.69) is 31.5 Å². The van der Waals surface area contributed by atoms with E-state index in [0.29, 0.717) is 6.54 Å². The van der Waals surface area contributed by atoms with Crippen molar-refractivity contribution in [2.75, 3.05) is 6.54 Å². The number of rotatable bonds is 4. The van der Waals surface area contributed by atoms with Crippen molar-refractivity contribution < 1.29 is 0 Å². The Labute approximate surface area is 102 Å². The normalized spacial score (nSPS) is 10.6. The Balaban J connectivity index is 2.29. The number of aromatic nitrogens is 4. The van der Waals surface area contributed by atoms with E-state index in [1.807, 2.05) is 24.3 Å². The average Bonchev–Trinajstić information content (AvgIpc) is 2.74. The second-order valence-electron chi connectivity index (χ2n) is 3.38. The highest BCUT2D eigenvalue weighted by molar-refractivity contribution is 9.10. The smallest absolute Gasteiger partial charge is 0.156 e. The minimum atomic E-state index is 0.644. The molecule has 0 spiro atoms. The fourth-order valence-electron chi connectivity index (χ4n) is 1.43. The van der Waals surface area contributed by atoms with Gasteiger partial charge in [0.15, 0.2) is 5.82 Å². The van der Waals surface area contributed by atoms with Gasteiger partial charge in [0.2, 0.25) is 0 Å². The number of hydrogen-bond acceptors (Lipinski definition) is 4. The zero-order valence-electron chi connectivity index (χ0n) is 8.67. The first-order valence-corrected chi connectivity index (χ1v) is 5.84. The average molecular weight is 282 g/mol. The topological polar surface area (TPSA) is 69.6 Å². The molecule has 0 aliphatic rings. The molecule has 84 valence electrons. The Morgan fingerprint density at radius 2 is 2.25 bits per heavy atom. The second-order valence-corrected chi connectivity index (χ2v) is 4.29. The predicted molar refractivity (Wildman–Crippen MR) is 64.2 cm³/mol. The number of nitrogens with two attached hydrogens (primary N) is 1. The van der Waals surface area contributed by atoms with E-state index in [9.17, 15) is 0 Å². The van der Waals surface area contributed by atoms with Gasteiger partial charge in [-0.3, -0.25) is 0 Å². The number of halogens is 1. The van der Waals surface area contributed by atoms with Gasteiger partial charge >= 0.3 is 0 Å². The molecule has 2 rings (SSSR count). The summed E-state index contributed by atoms with van der Waals surface area (Å²) < 4.78 is 2.74. The molecule has 0 aliphatic heterocycles. The molecule has 2 N–H and O–H groups in total. The molecule has 1 aromatic heterocycles. The third-order valence-corrected chi connectivity index (χ3v) is 2.68. The maximum atomic E-state index is 5.47. The molecule has 0 unspecified atom stereocenters. The maximum absolute atomic E-state index is 5.47. The molecule has 0 aliphatic carbocycles. The Hall–Kier alpha value is -1.27. The van der Waals surface area contributed by atoms with Crippen LogP contribution in [0.2, 0.25) is 0 Å². The van der Waals surface area contributed by atoms with Crippen LogP contribution in [0.15, 0.2) is 28.7 Å². The van der Waals surface area contributed by atoms with Crippen LogP contribution in [0.1, 0.15) is 12.2 Å². The summed E-state index contributed by atoms with van der Waals surface area (Å²) in [6, 6.07) is 7.86. The number of nitrogens with zero attached hydrogens (tertiary/aromatic N) is 4. The molecule has 0 saturated carbocycles. The van der Waals surface area contributed by atoms with Gasteiger partial charge in [0.1, 0.15) is 0 Å². The first-order valence-electron chi connectivity index (χ1n) is 5.04. The number of tetrazole rings is 1. The van der Waals surface area contributed by atoms with Crippen molar-refractivity contribution >= 4 is 15.9 Å². The molecule has 16 heavy (non-hydrogen) atoms. The van der Waals surface area contributed by atoms with Crippen LogP contribution in [0.5, 0.6) is 0 Å². The highest BCUT2D eigenvalue weighted by Crippen LogP contribution is 2.15. The lowest BCUT2D eigenvalue weighted by molar-refractivity contribution is 0.726. The summed E-state index contributed by atoms with van der Waals surface area (Å²) in [5.74, 6) is 0.837. The Morgan fingerprint density at radius 3 is 3.00 bits per heavy atom. The lowest BCUT2D eigenvalue weighted by atomic mass is 10.3. The number of hydrogen-bond donors (Lipinski definition) is 1. The second kappa shape index (κ2) is 5.18. The molecule has 0 atom stereocenters. The van der Waals surface area contributed by atoms with Crippen LogP contribution in [0, 0.1) is 0 Å². The van der Waals surface area contributed by atoms with E-state index >= 15 is 0 Å². The molecule has 0 amide bonds. The highest BCUT2D eigenvalue weighted by Gasteiger charge is 2.07. The van der Waals surface area contributed by atoms with Gasteiger partial charge in [0.05, 0.1) is 5.69 Å². The molecule has 5 nitrogen and oxygen atoms in total. The molecule has 6 heteroatoms. The summed E-state index contributed by atoms with van der Waals surface area (Å²) in [7, 11) is 0. The van der Waals surface area contributed by atoms with Crippen molar-refractivity contribution in [3.63, 3.8) is 0 Å². The van der Waals surface area contributed by atoms with Crippen molar-refractivity contribution in [3.05, 3.63) is 34.6 Å². The van der Waals surface area contributed by atoms with Crippen LogP contribution in [-0.2, 0) is 6.42 Å². The van der Waals surface area contributed by atoms with Crippen LogP contribution in [0.4, 0.5) is 0 Å². The monoisotopic (exact) mass is 281 g/mol. The molecule has 0 fully saturated rings. The summed E-state index contributed by atoms with van der Waals surface area (Å²) in [4.78, 5) is 0. The Kier molecular flexibility index (Phi) is 3.63. The van der Waals surface area contributed by atoms with Gasteiger partial charge in [-0.25, -0.2) is 0 Å². The minimum absolute atomic E-state index is 0.644. The van der Waals surface area contributed by atoms with Crippen LogP contribution >= 0.6 is 15.9 Å². The van der Waals surface area contributed by atoms with Gasteiger partial charge < -0.3 is 5.73 Å². The van der Waals surface area contributed by atoms with E-state index in [4.69, 9.17) is 5.73 Å². The van der Waals surface area contributed by atoms with Crippen molar-refractivity contribution in [2.24, 2.45) is 5.73 Å². The molecule has 0 saturated heterocycles. The van der Waals surface area contributed by atoms with Gasteiger partial charge in [0, 0.05) is 10.9 Å². The van der Waals surface area contributed by atoms with Crippen molar-refractivity contribution in [3.8, 4) is 5.69 Å². The van der Waals surface area contributed by atoms with Crippen LogP contribution in [0.3, 0.4) is 0 Å². The summed E-state index contributed by atoms with van der Waals surface area (Å²) in [6.07, 6.45) is 1.67. The maximum Gasteiger partial charge on any atom is 0.156 e. The first kappa shape index (κ1) is 11.2. The van der Waals surface area contributed by atoms with E-state index in [1.54, 1.807) is 4.68 Å². The van der Waals surface area contributed by atoms with E-state index in [-0.39, 0.29) is 0 Å². The predicted octanol–water partition coefficient (Wildman–Crippen LogP) is 1.32. The first-order chi connectivity index (χ1) is 7.81. The van der Waals surface area contributed by atoms with Crippen molar-refractivity contribution in [1.82, 2.24) is 20.2 Å². The van der Waals surface area contributed by atoms with Crippen LogP contribution in [0.25, 0.3) is 5.69 Å². The van der Waals surface area contributed by atoms with Gasteiger partial charge in [-0.15, -0.1) is 5.10 Å². The summed E-state index contributed by atoms with van der Waals surface area (Å²) in [5.41, 5.74) is 6.42. The zero-order chi connectivity index (χ0) is 11.4. The van der Waals surface area contributed by atoms with Crippen molar-refractivity contribution in [2.45, 2.75) is 12.8 Å². The molecule has 1 aromatic carbocycles. The molecule has 1 heterocycles. The number of aryl methyl sites for hydroxylation is 1. The quantitative estimate of drug-likeness (QED) is 0.918. The summed E-state index contributed by atoms with van der Waals surface area (Å²) >= 11 is 3.42. The Bertz CT molecular complexity index is 468. The van der Waals surface area contributed by atoms with Gasteiger partial charge in [-0.1, -0.05) is 22.0 Å².